The molecular formula is C25H17BrClFN6O2S2. The lowest BCUT2D eigenvalue weighted by Gasteiger charge is -2.11. The molecule has 3 aromatic carbocycles. The molecule has 0 atom stereocenters. The SMILES string of the molecule is O=C(CSc1nnc(CNC(=O)c2cc(Br)ccc2Cl)n1-c1ccc(F)cc1)Nc1nc2ccccc2s1. The van der Waals surface area contributed by atoms with Crippen LogP contribution in [0.4, 0.5) is 9.52 Å². The predicted molar refractivity (Wildman–Crippen MR) is 151 cm³/mol. The third-order valence-corrected chi connectivity index (χ3v) is 7.94. The third kappa shape index (κ3) is 6.04. The van der Waals surface area contributed by atoms with E-state index in [0.717, 1.165) is 22.0 Å². The fourth-order valence-electron chi connectivity index (χ4n) is 3.49. The van der Waals surface area contributed by atoms with Gasteiger partial charge in [-0.2, -0.15) is 0 Å². The number of nitrogens with zero attached hydrogens (tertiary/aromatic N) is 4. The monoisotopic (exact) mass is 630 g/mol. The number of anilines is 1. The van der Waals surface area contributed by atoms with Gasteiger partial charge in [0.25, 0.3) is 5.91 Å². The molecule has 0 saturated heterocycles. The van der Waals surface area contributed by atoms with Gasteiger partial charge in [-0.25, -0.2) is 9.37 Å². The van der Waals surface area contributed by atoms with Gasteiger partial charge >= 0.3 is 0 Å². The summed E-state index contributed by atoms with van der Waals surface area (Å²) in [6, 6.07) is 18.4. The molecule has 0 fully saturated rings. The minimum atomic E-state index is -0.398. The molecule has 5 rings (SSSR count). The van der Waals surface area contributed by atoms with Crippen molar-refractivity contribution in [3.63, 3.8) is 0 Å². The fourth-order valence-corrected chi connectivity index (χ4v) is 5.71. The summed E-state index contributed by atoms with van der Waals surface area (Å²) in [5.41, 5.74) is 1.69. The zero-order chi connectivity index (χ0) is 26.6. The van der Waals surface area contributed by atoms with Crippen molar-refractivity contribution in [3.05, 3.63) is 93.4 Å². The number of amides is 2. The first-order valence-corrected chi connectivity index (χ1v) is 14.1. The Morgan fingerprint density at radius 3 is 2.66 bits per heavy atom. The summed E-state index contributed by atoms with van der Waals surface area (Å²) < 4.78 is 17.0. The zero-order valence-corrected chi connectivity index (χ0v) is 23.3. The second kappa shape index (κ2) is 11.6. The Hall–Kier alpha value is -3.32. The molecule has 2 amide bonds. The molecule has 0 spiro atoms. The van der Waals surface area contributed by atoms with Crippen LogP contribution >= 0.6 is 50.6 Å². The number of benzene rings is 3. The summed E-state index contributed by atoms with van der Waals surface area (Å²) in [5.74, 6) is -0.623. The molecule has 0 unspecified atom stereocenters. The molecule has 0 aliphatic carbocycles. The number of para-hydroxylation sites is 1. The number of aromatic nitrogens is 4. The highest BCUT2D eigenvalue weighted by Gasteiger charge is 2.18. The van der Waals surface area contributed by atoms with Crippen LogP contribution in [0.1, 0.15) is 16.2 Å². The zero-order valence-electron chi connectivity index (χ0n) is 19.3. The van der Waals surface area contributed by atoms with Crippen LogP contribution < -0.4 is 10.6 Å². The average Bonchev–Trinajstić information content (AvgIpc) is 3.51. The van der Waals surface area contributed by atoms with Gasteiger partial charge in [-0.3, -0.25) is 14.2 Å². The molecule has 0 radical (unpaired) electrons. The van der Waals surface area contributed by atoms with Crippen LogP contribution in [-0.2, 0) is 11.3 Å². The van der Waals surface area contributed by atoms with E-state index >= 15 is 0 Å². The van der Waals surface area contributed by atoms with Crippen LogP contribution in [0, 0.1) is 5.82 Å². The first kappa shape index (κ1) is 26.3. The van der Waals surface area contributed by atoms with E-state index in [4.69, 9.17) is 11.6 Å². The number of fused-ring (bicyclic) bond motifs is 1. The Kier molecular flexibility index (Phi) is 8.03. The van der Waals surface area contributed by atoms with E-state index in [-0.39, 0.29) is 18.2 Å². The van der Waals surface area contributed by atoms with E-state index in [1.165, 1.54) is 23.5 Å². The number of thiazole rings is 1. The summed E-state index contributed by atoms with van der Waals surface area (Å²) in [6.45, 7) is 0.0184. The van der Waals surface area contributed by atoms with Crippen LogP contribution in [0.5, 0.6) is 0 Å². The van der Waals surface area contributed by atoms with Gasteiger partial charge in [0, 0.05) is 10.2 Å². The van der Waals surface area contributed by atoms with Gasteiger partial charge < -0.3 is 10.6 Å². The molecule has 5 aromatic rings. The number of hydrogen-bond donors (Lipinski definition) is 2. The molecule has 2 heterocycles. The number of hydrogen-bond acceptors (Lipinski definition) is 7. The molecule has 0 bridgehead atoms. The quantitative estimate of drug-likeness (QED) is 0.201. The first-order chi connectivity index (χ1) is 18.4. The van der Waals surface area contributed by atoms with Gasteiger partial charge in [-0.1, -0.05) is 62.8 Å². The number of nitrogens with one attached hydrogen (secondary N) is 2. The van der Waals surface area contributed by atoms with Gasteiger partial charge in [0.05, 0.1) is 33.1 Å². The van der Waals surface area contributed by atoms with Crippen molar-refractivity contribution in [2.75, 3.05) is 11.1 Å². The lowest BCUT2D eigenvalue weighted by atomic mass is 10.2. The van der Waals surface area contributed by atoms with Gasteiger partial charge in [-0.05, 0) is 54.6 Å². The van der Waals surface area contributed by atoms with Crippen molar-refractivity contribution in [1.82, 2.24) is 25.1 Å². The minimum Gasteiger partial charge on any atom is -0.345 e. The molecule has 2 aromatic heterocycles. The largest absolute Gasteiger partial charge is 0.345 e. The van der Waals surface area contributed by atoms with Gasteiger partial charge in [0.1, 0.15) is 5.82 Å². The summed E-state index contributed by atoms with van der Waals surface area (Å²) in [4.78, 5) is 29.8. The van der Waals surface area contributed by atoms with E-state index in [9.17, 15) is 14.0 Å². The highest BCUT2D eigenvalue weighted by atomic mass is 79.9. The van der Waals surface area contributed by atoms with Crippen molar-refractivity contribution in [2.24, 2.45) is 0 Å². The van der Waals surface area contributed by atoms with Crippen molar-refractivity contribution >= 4 is 77.8 Å². The first-order valence-electron chi connectivity index (χ1n) is 11.1. The number of carbonyl (C=O) groups excluding carboxylic acids is 2. The van der Waals surface area contributed by atoms with E-state index in [1.807, 2.05) is 24.3 Å². The van der Waals surface area contributed by atoms with Gasteiger partial charge in [-0.15, -0.1) is 10.2 Å². The second-order valence-electron chi connectivity index (χ2n) is 7.84. The van der Waals surface area contributed by atoms with Gasteiger partial charge in [0.15, 0.2) is 16.1 Å². The maximum absolute atomic E-state index is 13.6. The summed E-state index contributed by atoms with van der Waals surface area (Å²) in [6.07, 6.45) is 0. The summed E-state index contributed by atoms with van der Waals surface area (Å²) in [7, 11) is 0. The smallest absolute Gasteiger partial charge is 0.253 e. The molecule has 0 aliphatic heterocycles. The van der Waals surface area contributed by atoms with Crippen LogP contribution in [0.15, 0.2) is 76.4 Å². The van der Waals surface area contributed by atoms with Crippen LogP contribution in [0.2, 0.25) is 5.02 Å². The van der Waals surface area contributed by atoms with E-state index in [0.29, 0.717) is 36.9 Å². The molecule has 0 saturated carbocycles. The standard InChI is InChI=1S/C25H17BrClFN6O2S2/c26-14-5-10-18(27)17(11-14)23(36)29-12-21-32-33-25(34(21)16-8-6-15(28)7-9-16)37-13-22(35)31-24-30-19-3-1-2-4-20(19)38-24/h1-11H,12-13H2,(H,29,36)(H,30,31,35). The third-order valence-electron chi connectivity index (χ3n) is 5.24. The lowest BCUT2D eigenvalue weighted by Crippen LogP contribution is -2.25. The highest BCUT2D eigenvalue weighted by molar-refractivity contribution is 9.10. The van der Waals surface area contributed by atoms with Crippen LogP contribution in [0.3, 0.4) is 0 Å². The topological polar surface area (TPSA) is 102 Å². The Morgan fingerprint density at radius 1 is 1.08 bits per heavy atom. The average molecular weight is 632 g/mol. The van der Waals surface area contributed by atoms with E-state index in [2.05, 4.69) is 41.7 Å². The minimum absolute atomic E-state index is 0.0184. The van der Waals surface area contributed by atoms with E-state index < -0.39 is 11.7 Å². The molecular weight excluding hydrogens is 615 g/mol. The molecule has 2 N–H and O–H groups in total. The molecule has 38 heavy (non-hydrogen) atoms. The number of carbonyl (C=O) groups is 2. The summed E-state index contributed by atoms with van der Waals surface area (Å²) in [5, 5.41) is 15.2. The highest BCUT2D eigenvalue weighted by Crippen LogP contribution is 2.27. The van der Waals surface area contributed by atoms with Crippen molar-refractivity contribution < 1.29 is 14.0 Å². The predicted octanol–water partition coefficient (Wildman–Crippen LogP) is 6.09. The molecule has 0 aliphatic rings. The Labute approximate surface area is 237 Å². The number of thioether (sulfide) groups is 1. The second-order valence-corrected chi connectivity index (χ2v) is 11.1. The lowest BCUT2D eigenvalue weighted by molar-refractivity contribution is -0.113. The van der Waals surface area contributed by atoms with Crippen LogP contribution in [0.25, 0.3) is 15.9 Å². The number of halogens is 3. The Bertz CT molecular complexity index is 1610. The maximum atomic E-state index is 13.6. The Morgan fingerprint density at radius 2 is 1.87 bits per heavy atom. The van der Waals surface area contributed by atoms with Crippen molar-refractivity contribution in [1.29, 1.82) is 0 Å². The molecule has 13 heteroatoms. The van der Waals surface area contributed by atoms with Gasteiger partial charge in [0.2, 0.25) is 5.91 Å². The fraction of sp³-hybridized carbons (Fsp3) is 0.0800. The van der Waals surface area contributed by atoms with Crippen LogP contribution in [-0.4, -0.2) is 37.3 Å². The summed E-state index contributed by atoms with van der Waals surface area (Å²) >= 11 is 12.1. The van der Waals surface area contributed by atoms with Crippen molar-refractivity contribution in [2.45, 2.75) is 11.7 Å². The Balaban J connectivity index is 1.32. The normalized spacial score (nSPS) is 11.0. The number of rotatable bonds is 8. The maximum Gasteiger partial charge on any atom is 0.253 e. The van der Waals surface area contributed by atoms with Crippen molar-refractivity contribution in [3.8, 4) is 5.69 Å². The van der Waals surface area contributed by atoms with E-state index in [1.54, 1.807) is 34.9 Å². The molecule has 192 valence electrons. The molecule has 8 nitrogen and oxygen atoms in total.